The van der Waals surface area contributed by atoms with Crippen molar-refractivity contribution >= 4 is 23.6 Å². The van der Waals surface area contributed by atoms with Gasteiger partial charge in [0.2, 0.25) is 0 Å². The van der Waals surface area contributed by atoms with E-state index in [4.69, 9.17) is 11.6 Å². The van der Waals surface area contributed by atoms with Crippen LogP contribution in [-0.2, 0) is 11.0 Å². The summed E-state index contributed by atoms with van der Waals surface area (Å²) < 4.78 is 40.4. The molecule has 1 aliphatic rings. The number of carbonyl (C=O) groups is 1. The Morgan fingerprint density at radius 1 is 1.29 bits per heavy atom. The number of hydrogen-bond acceptors (Lipinski definition) is 4. The average molecular weight is 415 g/mol. The van der Waals surface area contributed by atoms with Crippen molar-refractivity contribution in [1.82, 2.24) is 14.7 Å². The number of carbonyl (C=O) groups excluding carboxylic acids is 1. The van der Waals surface area contributed by atoms with Gasteiger partial charge in [-0.25, -0.2) is 4.68 Å². The van der Waals surface area contributed by atoms with Crippen molar-refractivity contribution in [3.8, 4) is 0 Å². The second-order valence-electron chi connectivity index (χ2n) is 7.12. The molecule has 5 nitrogen and oxygen atoms in total. The maximum Gasteiger partial charge on any atom is 0.436 e. The molecule has 2 aromatic rings. The highest BCUT2D eigenvalue weighted by atomic mass is 35.5. The fourth-order valence-electron chi connectivity index (χ4n) is 3.65. The molecule has 0 N–H and O–H groups in total. The third kappa shape index (κ3) is 3.89. The lowest BCUT2D eigenvalue weighted by Crippen LogP contribution is -2.54. The number of aryl methyl sites for hydroxylation is 1. The topological polar surface area (TPSA) is 41.4 Å². The first-order chi connectivity index (χ1) is 13.1. The summed E-state index contributed by atoms with van der Waals surface area (Å²) in [5, 5.41) is 3.15. The highest BCUT2D eigenvalue weighted by Gasteiger charge is 2.40. The Balaban J connectivity index is 1.83. The van der Waals surface area contributed by atoms with E-state index in [1.54, 1.807) is 0 Å². The smallest absolute Gasteiger partial charge is 0.366 e. The molecule has 2 heterocycles. The molecule has 0 amide bonds. The summed E-state index contributed by atoms with van der Waals surface area (Å²) in [5.74, 6) is 0. The zero-order chi connectivity index (χ0) is 20.6. The minimum Gasteiger partial charge on any atom is -0.366 e. The van der Waals surface area contributed by atoms with Crippen molar-refractivity contribution in [1.29, 1.82) is 0 Å². The zero-order valence-electron chi connectivity index (χ0n) is 15.9. The average Bonchev–Trinajstić information content (AvgIpc) is 2.92. The van der Waals surface area contributed by atoms with Gasteiger partial charge in [-0.1, -0.05) is 23.7 Å². The Morgan fingerprint density at radius 3 is 2.54 bits per heavy atom. The van der Waals surface area contributed by atoms with Crippen LogP contribution in [0.1, 0.15) is 30.0 Å². The van der Waals surface area contributed by atoms with E-state index in [2.05, 4.69) is 16.1 Å². The molecule has 1 saturated heterocycles. The third-order valence-corrected chi connectivity index (χ3v) is 5.54. The number of alkyl halides is 3. The van der Waals surface area contributed by atoms with Crippen LogP contribution in [-0.4, -0.2) is 46.6 Å². The van der Waals surface area contributed by atoms with Crippen molar-refractivity contribution in [2.24, 2.45) is 0 Å². The first kappa shape index (κ1) is 20.7. The Labute approximate surface area is 166 Å². The highest BCUT2D eigenvalue weighted by molar-refractivity contribution is 6.32. The largest absolute Gasteiger partial charge is 0.436 e. The summed E-state index contributed by atoms with van der Waals surface area (Å²) in [6.07, 6.45) is -4.99. The summed E-state index contributed by atoms with van der Waals surface area (Å²) in [7, 11) is 0. The van der Waals surface area contributed by atoms with Gasteiger partial charge in [0.15, 0.2) is 18.1 Å². The lowest BCUT2D eigenvalue weighted by Gasteiger charge is -2.43. The molecule has 1 aliphatic heterocycles. The molecular formula is C19H22ClF3N4O. The number of piperazine rings is 1. The van der Waals surface area contributed by atoms with Gasteiger partial charge >= 0.3 is 6.18 Å². The first-order valence-electron chi connectivity index (χ1n) is 8.98. The van der Waals surface area contributed by atoms with Gasteiger partial charge in [-0.05, 0) is 38.5 Å². The fourth-order valence-corrected chi connectivity index (χ4v) is 3.88. The third-order valence-electron chi connectivity index (χ3n) is 5.08. The molecule has 0 bridgehead atoms. The molecular weight excluding hydrogens is 393 g/mol. The van der Waals surface area contributed by atoms with Crippen LogP contribution in [0.4, 0.5) is 18.9 Å². The Hall–Kier alpha value is -2.06. The van der Waals surface area contributed by atoms with E-state index in [-0.39, 0.29) is 11.7 Å². The van der Waals surface area contributed by atoms with Crippen LogP contribution in [0.2, 0.25) is 5.02 Å². The first-order valence-corrected chi connectivity index (χ1v) is 9.35. The molecule has 1 aromatic heterocycles. The van der Waals surface area contributed by atoms with Gasteiger partial charge in [0.1, 0.15) is 0 Å². The van der Waals surface area contributed by atoms with Gasteiger partial charge in [0.25, 0.3) is 0 Å². The Kier molecular flexibility index (Phi) is 5.72. The molecule has 1 aromatic carbocycles. The molecule has 28 heavy (non-hydrogen) atoms. The lowest BCUT2D eigenvalue weighted by atomic mass is 10.1. The van der Waals surface area contributed by atoms with Gasteiger partial charge < -0.3 is 4.90 Å². The van der Waals surface area contributed by atoms with Gasteiger partial charge in [0.05, 0.1) is 10.7 Å². The predicted molar refractivity (Wildman–Crippen MR) is 102 cm³/mol. The standard InChI is InChI=1S/C19H22ClF3N4O/c1-12-5-4-6-15(9-12)26-8-7-25(10-13(26)2)16(11-28)27-14(3)17(20)18(24-27)19(21,22)23/h4-6,9,11,13,16H,7-8,10H2,1-3H3. The lowest BCUT2D eigenvalue weighted by molar-refractivity contribution is -0.142. The van der Waals surface area contributed by atoms with E-state index in [9.17, 15) is 18.0 Å². The normalized spacial score (nSPS) is 19.7. The van der Waals surface area contributed by atoms with Crippen molar-refractivity contribution in [3.05, 3.63) is 46.2 Å². The maximum atomic E-state index is 13.1. The van der Waals surface area contributed by atoms with E-state index in [1.807, 2.05) is 36.9 Å². The number of anilines is 1. The van der Waals surface area contributed by atoms with Crippen LogP contribution < -0.4 is 4.90 Å². The number of hydrogen-bond donors (Lipinski definition) is 0. The van der Waals surface area contributed by atoms with Crippen molar-refractivity contribution in [3.63, 3.8) is 0 Å². The maximum absolute atomic E-state index is 13.1. The summed E-state index contributed by atoms with van der Waals surface area (Å²) in [5.41, 5.74) is 1.21. The second kappa shape index (κ2) is 7.75. The molecule has 0 saturated carbocycles. The van der Waals surface area contributed by atoms with E-state index in [0.717, 1.165) is 15.9 Å². The zero-order valence-corrected chi connectivity index (χ0v) is 16.6. The minimum atomic E-state index is -4.67. The predicted octanol–water partition coefficient (Wildman–Crippen LogP) is 4.08. The van der Waals surface area contributed by atoms with Crippen LogP contribution in [0.5, 0.6) is 0 Å². The number of aldehydes is 1. The van der Waals surface area contributed by atoms with Gasteiger partial charge in [-0.15, -0.1) is 0 Å². The molecule has 3 rings (SSSR count). The number of aromatic nitrogens is 2. The number of nitrogens with zero attached hydrogens (tertiary/aromatic N) is 4. The number of halogens is 4. The molecule has 2 atom stereocenters. The molecule has 0 spiro atoms. The minimum absolute atomic E-state index is 0.0754. The summed E-state index contributed by atoms with van der Waals surface area (Å²) in [6.45, 7) is 7.16. The molecule has 9 heteroatoms. The molecule has 0 aliphatic carbocycles. The van der Waals surface area contributed by atoms with Crippen molar-refractivity contribution in [2.45, 2.75) is 39.2 Å². The highest BCUT2D eigenvalue weighted by Crippen LogP contribution is 2.36. The van der Waals surface area contributed by atoms with Crippen LogP contribution >= 0.6 is 11.6 Å². The van der Waals surface area contributed by atoms with E-state index in [0.29, 0.717) is 25.9 Å². The molecule has 2 unspecified atom stereocenters. The Morgan fingerprint density at radius 2 is 2.00 bits per heavy atom. The quantitative estimate of drug-likeness (QED) is 0.707. The number of rotatable bonds is 4. The van der Waals surface area contributed by atoms with Gasteiger partial charge in [0, 0.05) is 31.4 Å². The fraction of sp³-hybridized carbons (Fsp3) is 0.474. The monoisotopic (exact) mass is 414 g/mol. The van der Waals surface area contributed by atoms with Gasteiger partial charge in [-0.3, -0.25) is 9.69 Å². The summed E-state index contributed by atoms with van der Waals surface area (Å²) in [6, 6.07) is 8.22. The van der Waals surface area contributed by atoms with Crippen LogP contribution in [0.15, 0.2) is 24.3 Å². The molecule has 0 radical (unpaired) electrons. The van der Waals surface area contributed by atoms with Crippen molar-refractivity contribution in [2.75, 3.05) is 24.5 Å². The van der Waals surface area contributed by atoms with E-state index >= 15 is 0 Å². The second-order valence-corrected chi connectivity index (χ2v) is 7.49. The SMILES string of the molecule is Cc1cccc(N2CCN(C(C=O)n3nc(C(F)(F)F)c(Cl)c3C)CC2C)c1. The van der Waals surface area contributed by atoms with Crippen LogP contribution in [0.25, 0.3) is 0 Å². The van der Waals surface area contributed by atoms with Crippen LogP contribution in [0.3, 0.4) is 0 Å². The van der Waals surface area contributed by atoms with Crippen molar-refractivity contribution < 1.29 is 18.0 Å². The summed E-state index contributed by atoms with van der Waals surface area (Å²) >= 11 is 5.84. The van der Waals surface area contributed by atoms with E-state index in [1.165, 1.54) is 6.92 Å². The van der Waals surface area contributed by atoms with Gasteiger partial charge in [-0.2, -0.15) is 18.3 Å². The van der Waals surface area contributed by atoms with E-state index < -0.39 is 23.1 Å². The molecule has 1 fully saturated rings. The van der Waals surface area contributed by atoms with Crippen LogP contribution in [0, 0.1) is 13.8 Å². The number of benzene rings is 1. The summed E-state index contributed by atoms with van der Waals surface area (Å²) in [4.78, 5) is 15.9. The Bertz CT molecular complexity index is 867. The molecule has 152 valence electrons.